The first-order valence-corrected chi connectivity index (χ1v) is 11.7. The number of amides is 1. The Hall–Kier alpha value is -2.09. The third kappa shape index (κ3) is 9.15. The fourth-order valence-electron chi connectivity index (χ4n) is 2.55. The number of nitrogens with one attached hydrogen (secondary N) is 1. The van der Waals surface area contributed by atoms with Gasteiger partial charge in [-0.05, 0) is 65.2 Å². The van der Waals surface area contributed by atoms with Crippen molar-refractivity contribution in [2.45, 2.75) is 78.0 Å². The van der Waals surface area contributed by atoms with Crippen molar-refractivity contribution in [3.05, 3.63) is 29.8 Å². The molecule has 1 atom stereocenters. The van der Waals surface area contributed by atoms with Crippen molar-refractivity contribution in [3.63, 3.8) is 0 Å². The van der Waals surface area contributed by atoms with Gasteiger partial charge in [-0.2, -0.15) is 0 Å². The molecule has 1 rings (SSSR count). The fraction of sp³-hybridized carbons (Fsp3) is 0.636. The van der Waals surface area contributed by atoms with E-state index < -0.39 is 39.0 Å². The molecule has 0 unspecified atom stereocenters. The first-order valence-electron chi connectivity index (χ1n) is 10.0. The predicted octanol–water partition coefficient (Wildman–Crippen LogP) is 4.10. The molecule has 30 heavy (non-hydrogen) atoms. The quantitative estimate of drug-likeness (QED) is 0.640. The molecule has 0 bridgehead atoms. The summed E-state index contributed by atoms with van der Waals surface area (Å²) in [5.74, 6) is -1.79. The van der Waals surface area contributed by atoms with Gasteiger partial charge < -0.3 is 14.8 Å². The molecule has 0 heterocycles. The van der Waals surface area contributed by atoms with E-state index in [0.29, 0.717) is 0 Å². The molecule has 1 N–H and O–H groups in total. The van der Waals surface area contributed by atoms with Crippen LogP contribution >= 0.6 is 0 Å². The zero-order valence-electron chi connectivity index (χ0n) is 19.2. The van der Waals surface area contributed by atoms with Crippen LogP contribution in [0.25, 0.3) is 0 Å². The summed E-state index contributed by atoms with van der Waals surface area (Å²) in [6, 6.07) is 6.21. The van der Waals surface area contributed by atoms with Gasteiger partial charge in [0.2, 0.25) is 0 Å². The van der Waals surface area contributed by atoms with Gasteiger partial charge in [0.25, 0.3) is 0 Å². The summed E-state index contributed by atoms with van der Waals surface area (Å²) in [6.07, 6.45) is -0.545. The number of sulfone groups is 1. The van der Waals surface area contributed by atoms with Gasteiger partial charge in [-0.15, -0.1) is 0 Å². The number of hydrogen-bond acceptors (Lipinski definition) is 6. The van der Waals surface area contributed by atoms with Crippen molar-refractivity contribution in [1.29, 1.82) is 0 Å². The van der Waals surface area contributed by atoms with Crippen molar-refractivity contribution in [2.24, 2.45) is 11.8 Å². The first kappa shape index (κ1) is 25.9. The lowest BCUT2D eigenvalue weighted by Crippen LogP contribution is -2.35. The van der Waals surface area contributed by atoms with E-state index in [0.717, 1.165) is 5.56 Å². The summed E-state index contributed by atoms with van der Waals surface area (Å²) >= 11 is 0. The van der Waals surface area contributed by atoms with E-state index in [1.54, 1.807) is 67.5 Å². The fourth-order valence-corrected chi connectivity index (χ4v) is 4.28. The molecule has 7 nitrogen and oxygen atoms in total. The van der Waals surface area contributed by atoms with Gasteiger partial charge >= 0.3 is 12.1 Å². The van der Waals surface area contributed by atoms with Crippen LogP contribution in [0, 0.1) is 11.8 Å². The van der Waals surface area contributed by atoms with Crippen LogP contribution in [0.15, 0.2) is 29.2 Å². The molecule has 0 aliphatic rings. The summed E-state index contributed by atoms with van der Waals surface area (Å²) in [5, 5.41) is 2.63. The van der Waals surface area contributed by atoms with Crippen molar-refractivity contribution in [3.8, 4) is 0 Å². The lowest BCUT2D eigenvalue weighted by molar-refractivity contribution is -0.160. The molecule has 0 saturated heterocycles. The van der Waals surface area contributed by atoms with Crippen molar-refractivity contribution in [1.82, 2.24) is 5.32 Å². The maximum Gasteiger partial charge on any atom is 0.407 e. The summed E-state index contributed by atoms with van der Waals surface area (Å²) in [5.41, 5.74) is -0.549. The van der Waals surface area contributed by atoms with Crippen LogP contribution in [0.1, 0.15) is 61.0 Å². The van der Waals surface area contributed by atoms with Crippen LogP contribution in [0.5, 0.6) is 0 Å². The number of esters is 1. The van der Waals surface area contributed by atoms with Gasteiger partial charge in [0.15, 0.2) is 9.84 Å². The second kappa shape index (κ2) is 9.81. The maximum absolute atomic E-state index is 12.9. The van der Waals surface area contributed by atoms with Gasteiger partial charge in [0.05, 0.1) is 16.6 Å². The highest BCUT2D eigenvalue weighted by atomic mass is 32.2. The number of ether oxygens (including phenoxy) is 2. The van der Waals surface area contributed by atoms with Crippen LogP contribution in [0.4, 0.5) is 4.79 Å². The molecule has 0 aliphatic heterocycles. The summed E-state index contributed by atoms with van der Waals surface area (Å²) < 4.78 is 36.3. The Balaban J connectivity index is 2.84. The number of hydrogen-bond donors (Lipinski definition) is 1. The van der Waals surface area contributed by atoms with E-state index in [-0.39, 0.29) is 23.1 Å². The Bertz CT molecular complexity index is 830. The van der Waals surface area contributed by atoms with Crippen LogP contribution in [-0.2, 0) is 30.7 Å². The minimum absolute atomic E-state index is 0.123. The Morgan fingerprint density at radius 1 is 0.933 bits per heavy atom. The van der Waals surface area contributed by atoms with E-state index >= 15 is 0 Å². The molecule has 0 spiro atoms. The second-order valence-corrected chi connectivity index (χ2v) is 11.7. The Morgan fingerprint density at radius 3 is 1.87 bits per heavy atom. The minimum atomic E-state index is -3.69. The van der Waals surface area contributed by atoms with Gasteiger partial charge in [0, 0.05) is 6.54 Å². The largest absolute Gasteiger partial charge is 0.460 e. The van der Waals surface area contributed by atoms with Gasteiger partial charge in [-0.3, -0.25) is 4.79 Å². The molecule has 1 amide bonds. The highest BCUT2D eigenvalue weighted by Crippen LogP contribution is 2.23. The predicted molar refractivity (Wildman–Crippen MR) is 116 cm³/mol. The highest BCUT2D eigenvalue weighted by Gasteiger charge is 2.32. The van der Waals surface area contributed by atoms with Crippen LogP contribution in [0.3, 0.4) is 0 Å². The van der Waals surface area contributed by atoms with Crippen molar-refractivity contribution >= 4 is 21.9 Å². The van der Waals surface area contributed by atoms with Gasteiger partial charge in [0.1, 0.15) is 11.2 Å². The number of carbonyl (C=O) groups is 2. The monoisotopic (exact) mass is 441 g/mol. The van der Waals surface area contributed by atoms with E-state index in [4.69, 9.17) is 9.47 Å². The molecule has 8 heteroatoms. The molecule has 0 aliphatic carbocycles. The SMILES string of the molecule is CC(C)[C@H](CS(=O)(=O)c1ccc(CNC(=O)OC(C)(C)C)cc1)C(=O)OC(C)(C)C. The lowest BCUT2D eigenvalue weighted by atomic mass is 9.98. The highest BCUT2D eigenvalue weighted by molar-refractivity contribution is 7.91. The second-order valence-electron chi connectivity index (χ2n) is 9.66. The molecule has 1 aromatic carbocycles. The molecule has 0 fully saturated rings. The van der Waals surface area contributed by atoms with E-state index in [9.17, 15) is 18.0 Å². The summed E-state index contributed by atoms with van der Waals surface area (Å²) in [4.78, 5) is 24.3. The maximum atomic E-state index is 12.9. The van der Waals surface area contributed by atoms with E-state index in [1.807, 2.05) is 0 Å². The molecule has 0 saturated carbocycles. The average molecular weight is 442 g/mol. The number of benzene rings is 1. The first-order chi connectivity index (χ1) is 13.5. The molecule has 1 aromatic rings. The molecule has 0 aromatic heterocycles. The minimum Gasteiger partial charge on any atom is -0.460 e. The molecule has 0 radical (unpaired) electrons. The van der Waals surface area contributed by atoms with Crippen molar-refractivity contribution < 1.29 is 27.5 Å². The Morgan fingerprint density at radius 2 is 1.43 bits per heavy atom. The van der Waals surface area contributed by atoms with Crippen LogP contribution < -0.4 is 5.32 Å². The number of alkyl carbamates (subject to hydrolysis) is 1. The third-order valence-corrected chi connectivity index (χ3v) is 5.82. The van der Waals surface area contributed by atoms with Crippen LogP contribution in [-0.4, -0.2) is 37.4 Å². The normalized spacial score (nSPS) is 13.6. The summed E-state index contributed by atoms with van der Waals surface area (Å²) in [6.45, 7) is 14.4. The van der Waals surface area contributed by atoms with Gasteiger partial charge in [-0.25, -0.2) is 13.2 Å². The molecule has 170 valence electrons. The number of rotatable bonds is 7. The smallest absolute Gasteiger partial charge is 0.407 e. The van der Waals surface area contributed by atoms with Crippen molar-refractivity contribution in [2.75, 3.05) is 5.75 Å². The van der Waals surface area contributed by atoms with Crippen LogP contribution in [0.2, 0.25) is 0 Å². The molecular formula is C22H35NO6S. The van der Waals surface area contributed by atoms with E-state index in [1.165, 1.54) is 12.1 Å². The van der Waals surface area contributed by atoms with E-state index in [2.05, 4.69) is 5.32 Å². The standard InChI is InChI=1S/C22H35NO6S/c1-15(2)18(19(24)28-21(3,4)5)14-30(26,27)17-11-9-16(10-12-17)13-23-20(25)29-22(6,7)8/h9-12,15,18H,13-14H2,1-8H3,(H,23,25)/t18-/m0/s1. The zero-order chi connectivity index (χ0) is 23.3. The lowest BCUT2D eigenvalue weighted by Gasteiger charge is -2.25. The Kier molecular flexibility index (Phi) is 8.49. The zero-order valence-corrected chi connectivity index (χ0v) is 20.1. The third-order valence-electron chi connectivity index (χ3n) is 4.03. The van der Waals surface area contributed by atoms with Gasteiger partial charge in [-0.1, -0.05) is 26.0 Å². The average Bonchev–Trinajstić information content (AvgIpc) is 2.55. The topological polar surface area (TPSA) is 98.8 Å². The Labute approximate surface area is 180 Å². The summed E-state index contributed by atoms with van der Waals surface area (Å²) in [7, 11) is -3.69. The number of carbonyl (C=O) groups excluding carboxylic acids is 2. The molecular weight excluding hydrogens is 406 g/mol.